The largest absolute Gasteiger partial charge is 0.372 e. The summed E-state index contributed by atoms with van der Waals surface area (Å²) in [5.41, 5.74) is 6.97. The first kappa shape index (κ1) is 21.1. The summed E-state index contributed by atoms with van der Waals surface area (Å²) in [6, 6.07) is 21.8. The van der Waals surface area contributed by atoms with Gasteiger partial charge in [0.05, 0.1) is 17.4 Å². The Labute approximate surface area is 198 Å². The van der Waals surface area contributed by atoms with Gasteiger partial charge >= 0.3 is 0 Å². The van der Waals surface area contributed by atoms with E-state index in [9.17, 15) is 4.79 Å². The molecule has 2 atom stereocenters. The molecule has 0 bridgehead atoms. The van der Waals surface area contributed by atoms with Gasteiger partial charge in [-0.1, -0.05) is 72.6 Å². The van der Waals surface area contributed by atoms with Crippen LogP contribution in [0.4, 0.5) is 11.4 Å². The van der Waals surface area contributed by atoms with Crippen molar-refractivity contribution in [2.45, 2.75) is 38.1 Å². The average molecular weight is 463 g/mol. The number of anilines is 2. The summed E-state index contributed by atoms with van der Waals surface area (Å²) in [5.74, 6) is 0.283. The van der Waals surface area contributed by atoms with Gasteiger partial charge in [-0.3, -0.25) is 4.79 Å². The highest BCUT2D eigenvalue weighted by molar-refractivity contribution is 6.35. The first-order valence-corrected chi connectivity index (χ1v) is 11.7. The zero-order valence-electron chi connectivity index (χ0n) is 17.8. The monoisotopic (exact) mass is 462 g/mol. The lowest BCUT2D eigenvalue weighted by molar-refractivity contribution is -0.116. The van der Waals surface area contributed by atoms with Gasteiger partial charge in [0.25, 0.3) is 0 Å². The first-order valence-electron chi connectivity index (χ1n) is 11.0. The number of fused-ring (bicyclic) bond motifs is 1. The van der Waals surface area contributed by atoms with Gasteiger partial charge in [-0.2, -0.15) is 0 Å². The van der Waals surface area contributed by atoms with Crippen molar-refractivity contribution in [1.82, 2.24) is 0 Å². The number of aryl methyl sites for hydroxylation is 1. The Hall–Kier alpha value is -2.75. The number of hydrogen-bond acceptors (Lipinski definition) is 3. The molecule has 3 nitrogen and oxygen atoms in total. The quantitative estimate of drug-likeness (QED) is 0.422. The van der Waals surface area contributed by atoms with E-state index in [1.165, 1.54) is 11.1 Å². The van der Waals surface area contributed by atoms with Crippen LogP contribution in [0.1, 0.15) is 48.4 Å². The number of benzene rings is 3. The molecule has 32 heavy (non-hydrogen) atoms. The predicted molar refractivity (Wildman–Crippen MR) is 133 cm³/mol. The Kier molecular flexibility index (Phi) is 5.71. The van der Waals surface area contributed by atoms with Crippen molar-refractivity contribution in [3.05, 3.63) is 105 Å². The molecule has 0 aromatic heterocycles. The minimum Gasteiger partial charge on any atom is -0.372 e. The molecule has 5 rings (SSSR count). The summed E-state index contributed by atoms with van der Waals surface area (Å²) in [7, 11) is 0. The zero-order chi connectivity index (χ0) is 22.2. The van der Waals surface area contributed by atoms with Crippen LogP contribution in [-0.2, 0) is 11.2 Å². The third-order valence-corrected chi connectivity index (χ3v) is 7.00. The van der Waals surface area contributed by atoms with Crippen LogP contribution in [0.25, 0.3) is 0 Å². The van der Waals surface area contributed by atoms with E-state index in [1.54, 1.807) is 6.07 Å². The second-order valence-corrected chi connectivity index (χ2v) is 9.27. The molecule has 3 aromatic rings. The molecule has 0 saturated heterocycles. The van der Waals surface area contributed by atoms with E-state index in [1.807, 2.05) is 36.4 Å². The number of Topliss-reactive ketones (excluding diaryl/α,β-unsaturated/α-hetero) is 1. The molecule has 0 amide bonds. The summed E-state index contributed by atoms with van der Waals surface area (Å²) in [5, 5.41) is 8.26. The van der Waals surface area contributed by atoms with Crippen LogP contribution in [0, 0.1) is 0 Å². The average Bonchev–Trinajstić information content (AvgIpc) is 2.96. The summed E-state index contributed by atoms with van der Waals surface area (Å²) < 4.78 is 0. The highest BCUT2D eigenvalue weighted by atomic mass is 35.5. The number of halogens is 2. The number of para-hydroxylation sites is 2. The van der Waals surface area contributed by atoms with Crippen molar-refractivity contribution in [3.63, 3.8) is 0 Å². The van der Waals surface area contributed by atoms with E-state index in [-0.39, 0.29) is 17.7 Å². The molecular weight excluding hydrogens is 439 g/mol. The van der Waals surface area contributed by atoms with E-state index >= 15 is 0 Å². The van der Waals surface area contributed by atoms with Crippen LogP contribution in [0.15, 0.2) is 78.0 Å². The summed E-state index contributed by atoms with van der Waals surface area (Å²) in [6.07, 6.45) is 2.25. The zero-order valence-corrected chi connectivity index (χ0v) is 19.3. The van der Waals surface area contributed by atoms with Gasteiger partial charge in [0.2, 0.25) is 0 Å². The van der Waals surface area contributed by atoms with E-state index in [0.717, 1.165) is 41.1 Å². The molecule has 0 radical (unpaired) electrons. The number of ketones is 1. The number of allylic oxidation sites excluding steroid dienone is 1. The smallest absolute Gasteiger partial charge is 0.163 e. The maximum absolute atomic E-state index is 13.6. The van der Waals surface area contributed by atoms with E-state index in [0.29, 0.717) is 16.5 Å². The lowest BCUT2D eigenvalue weighted by Crippen LogP contribution is -2.27. The Balaban J connectivity index is 1.60. The Morgan fingerprint density at radius 2 is 1.69 bits per heavy atom. The van der Waals surface area contributed by atoms with Crippen LogP contribution in [0.2, 0.25) is 10.0 Å². The highest BCUT2D eigenvalue weighted by Gasteiger charge is 2.36. The van der Waals surface area contributed by atoms with Crippen molar-refractivity contribution in [2.75, 3.05) is 10.6 Å². The van der Waals surface area contributed by atoms with Crippen molar-refractivity contribution < 1.29 is 4.79 Å². The van der Waals surface area contributed by atoms with Gasteiger partial charge in [0.1, 0.15) is 0 Å². The number of carbonyl (C=O) groups is 1. The molecule has 1 heterocycles. The summed E-state index contributed by atoms with van der Waals surface area (Å²) >= 11 is 12.7. The van der Waals surface area contributed by atoms with E-state index in [2.05, 4.69) is 41.8 Å². The number of rotatable bonds is 3. The normalized spacial score (nSPS) is 20.0. The van der Waals surface area contributed by atoms with Crippen molar-refractivity contribution in [3.8, 4) is 0 Å². The van der Waals surface area contributed by atoms with Crippen molar-refractivity contribution in [2.24, 2.45) is 0 Å². The van der Waals surface area contributed by atoms with Crippen molar-refractivity contribution in [1.29, 1.82) is 0 Å². The summed E-state index contributed by atoms with van der Waals surface area (Å²) in [4.78, 5) is 13.6. The number of carbonyl (C=O) groups excluding carboxylic acids is 1. The molecule has 1 aliphatic heterocycles. The van der Waals surface area contributed by atoms with Gasteiger partial charge in [-0.05, 0) is 59.7 Å². The van der Waals surface area contributed by atoms with Crippen LogP contribution in [0.3, 0.4) is 0 Å². The van der Waals surface area contributed by atoms with Crippen LogP contribution >= 0.6 is 23.2 Å². The third kappa shape index (κ3) is 3.92. The fourth-order valence-electron chi connectivity index (χ4n) is 4.72. The molecule has 0 fully saturated rings. The van der Waals surface area contributed by atoms with Crippen LogP contribution in [0.5, 0.6) is 0 Å². The Morgan fingerprint density at radius 3 is 2.41 bits per heavy atom. The maximum atomic E-state index is 13.6. The van der Waals surface area contributed by atoms with Gasteiger partial charge in [0.15, 0.2) is 5.78 Å². The Bertz CT molecular complexity index is 1220. The lowest BCUT2D eigenvalue weighted by Gasteiger charge is -2.30. The summed E-state index contributed by atoms with van der Waals surface area (Å²) in [6.45, 7) is 2.15. The standard InChI is InChI=1S/C27H24Cl2N2O/c1-2-16-7-9-17(10-8-16)18-13-24-26(25(32)14-18)27(20-12-11-19(28)15-21(20)29)31-23-6-4-3-5-22(23)30-24/h3-12,15,18,27,30-31H,2,13-14H2,1H3. The minimum absolute atomic E-state index is 0.139. The van der Waals surface area contributed by atoms with Crippen molar-refractivity contribution >= 4 is 40.4 Å². The van der Waals surface area contributed by atoms with E-state index < -0.39 is 0 Å². The first-order chi connectivity index (χ1) is 15.5. The Morgan fingerprint density at radius 1 is 0.938 bits per heavy atom. The fraction of sp³-hybridized carbons (Fsp3) is 0.222. The molecule has 0 spiro atoms. The molecule has 2 unspecified atom stereocenters. The van der Waals surface area contributed by atoms with Gasteiger partial charge in [-0.15, -0.1) is 0 Å². The number of nitrogens with one attached hydrogen (secondary N) is 2. The highest BCUT2D eigenvalue weighted by Crippen LogP contribution is 2.45. The second-order valence-electron chi connectivity index (χ2n) is 8.43. The molecule has 2 N–H and O–H groups in total. The molecular formula is C27H24Cl2N2O. The lowest BCUT2D eigenvalue weighted by atomic mass is 9.78. The molecule has 0 saturated carbocycles. The molecule has 1 aliphatic carbocycles. The second kappa shape index (κ2) is 8.65. The molecule has 162 valence electrons. The van der Waals surface area contributed by atoms with Gasteiger partial charge < -0.3 is 10.6 Å². The van der Waals surface area contributed by atoms with Gasteiger partial charge in [-0.25, -0.2) is 0 Å². The van der Waals surface area contributed by atoms with Gasteiger partial charge in [0, 0.05) is 27.7 Å². The van der Waals surface area contributed by atoms with Crippen LogP contribution in [-0.4, -0.2) is 5.78 Å². The molecule has 2 aliphatic rings. The maximum Gasteiger partial charge on any atom is 0.163 e. The minimum atomic E-state index is -0.346. The number of hydrogen-bond donors (Lipinski definition) is 2. The topological polar surface area (TPSA) is 41.1 Å². The van der Waals surface area contributed by atoms with E-state index in [4.69, 9.17) is 23.2 Å². The molecule has 5 heteroatoms. The predicted octanol–water partition coefficient (Wildman–Crippen LogP) is 7.54. The fourth-order valence-corrected chi connectivity index (χ4v) is 5.24. The molecule has 3 aromatic carbocycles. The SMILES string of the molecule is CCc1ccc(C2CC(=O)C3=C(C2)Nc2ccccc2NC3c2ccc(Cl)cc2Cl)cc1. The third-order valence-electron chi connectivity index (χ3n) is 6.44. The van der Waals surface area contributed by atoms with Crippen LogP contribution < -0.4 is 10.6 Å².